The number of piperazine rings is 1. The lowest BCUT2D eigenvalue weighted by Gasteiger charge is -2.36. The van der Waals surface area contributed by atoms with Crippen molar-refractivity contribution in [2.24, 2.45) is 5.92 Å². The molecular formula is C15H20ClN3O. The van der Waals surface area contributed by atoms with Crippen LogP contribution in [0.5, 0.6) is 0 Å². The van der Waals surface area contributed by atoms with Crippen LogP contribution in [0.4, 0.5) is 10.5 Å². The number of amides is 2. The number of para-hydroxylation sites is 1. The first-order chi connectivity index (χ1) is 9.74. The zero-order valence-corrected chi connectivity index (χ0v) is 12.3. The summed E-state index contributed by atoms with van der Waals surface area (Å²) in [6, 6.07) is 7.95. The normalized spacial score (nSPS) is 19.1. The van der Waals surface area contributed by atoms with E-state index in [1.165, 1.54) is 12.8 Å². The fourth-order valence-electron chi connectivity index (χ4n) is 2.52. The molecule has 1 aliphatic carbocycles. The molecule has 2 fully saturated rings. The van der Waals surface area contributed by atoms with Crippen molar-refractivity contribution in [2.45, 2.75) is 12.8 Å². The average Bonchev–Trinajstić information content (AvgIpc) is 3.30. The lowest BCUT2D eigenvalue weighted by molar-refractivity contribution is 0.194. The fraction of sp³-hybridized carbons (Fsp3) is 0.533. The highest BCUT2D eigenvalue weighted by Crippen LogP contribution is 2.28. The number of halogens is 1. The first-order valence-corrected chi connectivity index (χ1v) is 7.64. The van der Waals surface area contributed by atoms with E-state index in [1.807, 2.05) is 29.2 Å². The van der Waals surface area contributed by atoms with Gasteiger partial charge in [0, 0.05) is 32.7 Å². The lowest BCUT2D eigenvalue weighted by Crippen LogP contribution is -2.52. The van der Waals surface area contributed by atoms with E-state index in [9.17, 15) is 4.79 Å². The van der Waals surface area contributed by atoms with Crippen molar-refractivity contribution in [2.75, 3.05) is 37.6 Å². The average molecular weight is 294 g/mol. The first kappa shape index (κ1) is 13.6. The van der Waals surface area contributed by atoms with E-state index < -0.39 is 0 Å². The van der Waals surface area contributed by atoms with Crippen molar-refractivity contribution in [1.82, 2.24) is 10.2 Å². The van der Waals surface area contributed by atoms with Crippen LogP contribution in [-0.4, -0.2) is 43.7 Å². The minimum Gasteiger partial charge on any atom is -0.367 e. The Bertz CT molecular complexity index is 482. The molecule has 5 heteroatoms. The molecule has 1 N–H and O–H groups in total. The van der Waals surface area contributed by atoms with Gasteiger partial charge in [-0.05, 0) is 30.9 Å². The Kier molecular flexibility index (Phi) is 4.01. The molecule has 0 aromatic heterocycles. The van der Waals surface area contributed by atoms with Crippen LogP contribution >= 0.6 is 11.6 Å². The summed E-state index contributed by atoms with van der Waals surface area (Å²) in [5, 5.41) is 3.80. The molecule has 0 atom stereocenters. The Morgan fingerprint density at radius 2 is 1.90 bits per heavy atom. The summed E-state index contributed by atoms with van der Waals surface area (Å²) in [4.78, 5) is 16.2. The van der Waals surface area contributed by atoms with Crippen molar-refractivity contribution in [3.8, 4) is 0 Å². The molecule has 108 valence electrons. The van der Waals surface area contributed by atoms with Crippen LogP contribution in [0.2, 0.25) is 5.02 Å². The van der Waals surface area contributed by atoms with Crippen molar-refractivity contribution in [3.05, 3.63) is 29.3 Å². The van der Waals surface area contributed by atoms with Gasteiger partial charge in [-0.3, -0.25) is 0 Å². The van der Waals surface area contributed by atoms with Crippen molar-refractivity contribution in [3.63, 3.8) is 0 Å². The standard InChI is InChI=1S/C15H20ClN3O/c16-13-3-1-2-4-14(13)18-7-9-19(10-8-18)15(20)17-11-12-5-6-12/h1-4,12H,5-11H2,(H,17,20). The molecule has 3 rings (SSSR count). The highest BCUT2D eigenvalue weighted by Gasteiger charge is 2.25. The third-order valence-corrected chi connectivity index (χ3v) is 4.32. The molecule has 0 radical (unpaired) electrons. The largest absolute Gasteiger partial charge is 0.367 e. The number of carbonyl (C=O) groups excluding carboxylic acids is 1. The maximum absolute atomic E-state index is 12.0. The predicted molar refractivity (Wildman–Crippen MR) is 81.4 cm³/mol. The van der Waals surface area contributed by atoms with Crippen LogP contribution in [0.15, 0.2) is 24.3 Å². The summed E-state index contributed by atoms with van der Waals surface area (Å²) in [6.45, 7) is 4.01. The Hall–Kier alpha value is -1.42. The minimum absolute atomic E-state index is 0.0794. The molecule has 2 aliphatic rings. The zero-order valence-electron chi connectivity index (χ0n) is 11.5. The molecule has 1 saturated heterocycles. The quantitative estimate of drug-likeness (QED) is 0.930. The minimum atomic E-state index is 0.0794. The number of carbonyl (C=O) groups is 1. The van der Waals surface area contributed by atoms with E-state index in [4.69, 9.17) is 11.6 Å². The molecule has 2 amide bonds. The van der Waals surface area contributed by atoms with Gasteiger partial charge in [-0.25, -0.2) is 4.79 Å². The van der Waals surface area contributed by atoms with Gasteiger partial charge in [0.15, 0.2) is 0 Å². The van der Waals surface area contributed by atoms with Crippen LogP contribution in [0.25, 0.3) is 0 Å². The lowest BCUT2D eigenvalue weighted by atomic mass is 10.2. The van der Waals surface area contributed by atoms with Crippen molar-refractivity contribution >= 4 is 23.3 Å². The van der Waals surface area contributed by atoms with Crippen molar-refractivity contribution in [1.29, 1.82) is 0 Å². The summed E-state index contributed by atoms with van der Waals surface area (Å²) < 4.78 is 0. The van der Waals surface area contributed by atoms with Crippen LogP contribution in [-0.2, 0) is 0 Å². The van der Waals surface area contributed by atoms with Gasteiger partial charge in [-0.2, -0.15) is 0 Å². The van der Waals surface area contributed by atoms with Gasteiger partial charge >= 0.3 is 6.03 Å². The van der Waals surface area contributed by atoms with E-state index >= 15 is 0 Å². The second kappa shape index (κ2) is 5.92. The number of urea groups is 1. The molecule has 1 aromatic carbocycles. The maximum atomic E-state index is 12.0. The summed E-state index contributed by atoms with van der Waals surface area (Å²) in [7, 11) is 0. The van der Waals surface area contributed by atoms with Crippen LogP contribution in [0.3, 0.4) is 0 Å². The van der Waals surface area contributed by atoms with E-state index in [1.54, 1.807) is 0 Å². The summed E-state index contributed by atoms with van der Waals surface area (Å²) in [5.41, 5.74) is 1.06. The second-order valence-corrected chi connectivity index (χ2v) is 5.96. The Morgan fingerprint density at radius 3 is 2.55 bits per heavy atom. The van der Waals surface area contributed by atoms with E-state index in [0.29, 0.717) is 0 Å². The summed E-state index contributed by atoms with van der Waals surface area (Å²) in [5.74, 6) is 0.725. The van der Waals surface area contributed by atoms with Gasteiger partial charge in [0.05, 0.1) is 10.7 Å². The first-order valence-electron chi connectivity index (χ1n) is 7.26. The Balaban J connectivity index is 1.51. The van der Waals surface area contributed by atoms with Gasteiger partial charge in [0.2, 0.25) is 0 Å². The smallest absolute Gasteiger partial charge is 0.317 e. The van der Waals surface area contributed by atoms with Gasteiger partial charge in [0.1, 0.15) is 0 Å². The predicted octanol–water partition coefficient (Wildman–Crippen LogP) is 2.58. The molecule has 0 unspecified atom stereocenters. The van der Waals surface area contributed by atoms with Crippen LogP contribution in [0, 0.1) is 5.92 Å². The Morgan fingerprint density at radius 1 is 1.20 bits per heavy atom. The maximum Gasteiger partial charge on any atom is 0.317 e. The number of nitrogens with one attached hydrogen (secondary N) is 1. The van der Waals surface area contributed by atoms with Gasteiger partial charge in [0.25, 0.3) is 0 Å². The van der Waals surface area contributed by atoms with Crippen molar-refractivity contribution < 1.29 is 4.79 Å². The van der Waals surface area contributed by atoms with E-state index in [2.05, 4.69) is 10.2 Å². The van der Waals surface area contributed by atoms with Gasteiger partial charge in [-0.15, -0.1) is 0 Å². The van der Waals surface area contributed by atoms with Gasteiger partial charge in [-0.1, -0.05) is 23.7 Å². The number of anilines is 1. The summed E-state index contributed by atoms with van der Waals surface area (Å²) >= 11 is 6.21. The molecule has 1 heterocycles. The molecule has 20 heavy (non-hydrogen) atoms. The molecular weight excluding hydrogens is 274 g/mol. The van der Waals surface area contributed by atoms with Crippen LogP contribution < -0.4 is 10.2 Å². The Labute approximate surface area is 124 Å². The zero-order chi connectivity index (χ0) is 13.9. The van der Waals surface area contributed by atoms with E-state index in [-0.39, 0.29) is 6.03 Å². The number of rotatable bonds is 3. The number of hydrogen-bond donors (Lipinski definition) is 1. The monoisotopic (exact) mass is 293 g/mol. The molecule has 0 bridgehead atoms. The van der Waals surface area contributed by atoms with E-state index in [0.717, 1.165) is 49.4 Å². The van der Waals surface area contributed by atoms with Crippen LogP contribution in [0.1, 0.15) is 12.8 Å². The highest BCUT2D eigenvalue weighted by molar-refractivity contribution is 6.33. The molecule has 1 aromatic rings. The number of benzene rings is 1. The summed E-state index contributed by atoms with van der Waals surface area (Å²) in [6.07, 6.45) is 2.53. The third-order valence-electron chi connectivity index (χ3n) is 4.00. The SMILES string of the molecule is O=C(NCC1CC1)N1CCN(c2ccccc2Cl)CC1. The number of nitrogens with zero attached hydrogens (tertiary/aromatic N) is 2. The highest BCUT2D eigenvalue weighted by atomic mass is 35.5. The third kappa shape index (κ3) is 3.18. The number of hydrogen-bond acceptors (Lipinski definition) is 2. The topological polar surface area (TPSA) is 35.6 Å². The molecule has 4 nitrogen and oxygen atoms in total. The van der Waals surface area contributed by atoms with Gasteiger partial charge < -0.3 is 15.1 Å². The molecule has 0 spiro atoms. The fourth-order valence-corrected chi connectivity index (χ4v) is 2.78. The molecule has 1 saturated carbocycles. The molecule has 1 aliphatic heterocycles. The second-order valence-electron chi connectivity index (χ2n) is 5.55.